The summed E-state index contributed by atoms with van der Waals surface area (Å²) in [5.41, 5.74) is 3.49. The molecular weight excluding hydrogens is 302 g/mol. The number of hydrogen-bond acceptors (Lipinski definition) is 4. The molecule has 0 bridgehead atoms. The van der Waals surface area contributed by atoms with Crippen molar-refractivity contribution < 1.29 is 10.2 Å². The molecule has 2 aromatic carbocycles. The van der Waals surface area contributed by atoms with Crippen molar-refractivity contribution in [2.75, 3.05) is 0 Å². The Morgan fingerprint density at radius 2 is 1.71 bits per heavy atom. The summed E-state index contributed by atoms with van der Waals surface area (Å²) in [6.07, 6.45) is 1.82. The zero-order chi connectivity index (χ0) is 17.3. The van der Waals surface area contributed by atoms with E-state index in [0.717, 1.165) is 22.4 Å². The van der Waals surface area contributed by atoms with E-state index in [2.05, 4.69) is 31.1 Å². The standard InChI is InChI=1S/C19H21N3O2/c1-19(2,3)15-7-4-14(18(24)10-15)11-22-12-17(20-21-22)13-5-8-16(23)9-6-13/h4-10,12,23-24H,11H2,1-3H3. The Hall–Kier alpha value is -2.82. The third-order valence-electron chi connectivity index (χ3n) is 3.99. The fourth-order valence-electron chi connectivity index (χ4n) is 2.48. The third kappa shape index (κ3) is 3.40. The van der Waals surface area contributed by atoms with Crippen LogP contribution in [-0.4, -0.2) is 25.2 Å². The van der Waals surface area contributed by atoms with E-state index in [9.17, 15) is 10.2 Å². The van der Waals surface area contributed by atoms with E-state index in [1.807, 2.05) is 24.4 Å². The average Bonchev–Trinajstić information content (AvgIpc) is 2.97. The Kier molecular flexibility index (Phi) is 4.01. The van der Waals surface area contributed by atoms with E-state index in [4.69, 9.17) is 0 Å². The molecule has 24 heavy (non-hydrogen) atoms. The maximum Gasteiger partial charge on any atom is 0.120 e. The number of phenols is 2. The molecule has 0 radical (unpaired) electrons. The summed E-state index contributed by atoms with van der Waals surface area (Å²) < 4.78 is 1.69. The summed E-state index contributed by atoms with van der Waals surface area (Å²) in [6, 6.07) is 12.6. The first-order chi connectivity index (χ1) is 11.3. The highest BCUT2D eigenvalue weighted by atomic mass is 16.3. The van der Waals surface area contributed by atoms with Crippen LogP contribution in [0.2, 0.25) is 0 Å². The first-order valence-corrected chi connectivity index (χ1v) is 7.85. The number of aromatic hydroxyl groups is 2. The molecule has 0 atom stereocenters. The summed E-state index contributed by atoms with van der Waals surface area (Å²) in [4.78, 5) is 0. The van der Waals surface area contributed by atoms with E-state index in [1.165, 1.54) is 0 Å². The van der Waals surface area contributed by atoms with Crippen LogP contribution in [0, 0.1) is 0 Å². The van der Waals surface area contributed by atoms with Crippen LogP contribution in [0.25, 0.3) is 11.3 Å². The summed E-state index contributed by atoms with van der Waals surface area (Å²) in [6.45, 7) is 6.79. The number of rotatable bonds is 3. The quantitative estimate of drug-likeness (QED) is 0.771. The summed E-state index contributed by atoms with van der Waals surface area (Å²) in [5, 5.41) is 27.9. The van der Waals surface area contributed by atoms with Crippen LogP contribution in [0.3, 0.4) is 0 Å². The van der Waals surface area contributed by atoms with Gasteiger partial charge in [0, 0.05) is 11.1 Å². The Morgan fingerprint density at radius 3 is 2.33 bits per heavy atom. The van der Waals surface area contributed by atoms with Gasteiger partial charge in [-0.25, -0.2) is 4.68 Å². The van der Waals surface area contributed by atoms with Gasteiger partial charge in [-0.05, 0) is 41.3 Å². The van der Waals surface area contributed by atoms with Gasteiger partial charge in [0.1, 0.15) is 17.2 Å². The third-order valence-corrected chi connectivity index (χ3v) is 3.99. The Labute approximate surface area is 141 Å². The van der Waals surface area contributed by atoms with Crippen molar-refractivity contribution >= 4 is 0 Å². The minimum Gasteiger partial charge on any atom is -0.508 e. The van der Waals surface area contributed by atoms with Crippen LogP contribution in [0.5, 0.6) is 11.5 Å². The topological polar surface area (TPSA) is 71.2 Å². The van der Waals surface area contributed by atoms with Gasteiger partial charge in [-0.2, -0.15) is 0 Å². The van der Waals surface area contributed by atoms with Crippen molar-refractivity contribution in [2.45, 2.75) is 32.7 Å². The number of benzene rings is 2. The fraction of sp³-hybridized carbons (Fsp3) is 0.263. The second-order valence-corrected chi connectivity index (χ2v) is 6.94. The molecule has 1 aromatic heterocycles. The molecule has 0 saturated heterocycles. The molecule has 0 aliphatic heterocycles. The molecule has 0 aliphatic rings. The number of nitrogens with zero attached hydrogens (tertiary/aromatic N) is 3. The smallest absolute Gasteiger partial charge is 0.120 e. The van der Waals surface area contributed by atoms with Crippen molar-refractivity contribution in [3.63, 3.8) is 0 Å². The van der Waals surface area contributed by atoms with Gasteiger partial charge < -0.3 is 10.2 Å². The van der Waals surface area contributed by atoms with E-state index in [1.54, 1.807) is 28.9 Å². The number of hydrogen-bond donors (Lipinski definition) is 2. The van der Waals surface area contributed by atoms with Crippen LogP contribution in [-0.2, 0) is 12.0 Å². The largest absolute Gasteiger partial charge is 0.508 e. The lowest BCUT2D eigenvalue weighted by Crippen LogP contribution is -2.11. The summed E-state index contributed by atoms with van der Waals surface area (Å²) >= 11 is 0. The van der Waals surface area contributed by atoms with E-state index in [-0.39, 0.29) is 16.9 Å². The van der Waals surface area contributed by atoms with Gasteiger partial charge >= 0.3 is 0 Å². The Balaban J connectivity index is 1.81. The van der Waals surface area contributed by atoms with Crippen molar-refractivity contribution in [2.24, 2.45) is 0 Å². The van der Waals surface area contributed by atoms with Crippen molar-refractivity contribution in [3.05, 3.63) is 59.8 Å². The van der Waals surface area contributed by atoms with E-state index >= 15 is 0 Å². The molecule has 124 valence electrons. The highest BCUT2D eigenvalue weighted by Gasteiger charge is 2.15. The van der Waals surface area contributed by atoms with Crippen molar-refractivity contribution in [1.82, 2.24) is 15.0 Å². The molecule has 0 aliphatic carbocycles. The fourth-order valence-corrected chi connectivity index (χ4v) is 2.48. The molecule has 3 aromatic rings. The summed E-state index contributed by atoms with van der Waals surface area (Å²) in [5.74, 6) is 0.485. The normalized spacial score (nSPS) is 11.6. The van der Waals surface area contributed by atoms with Gasteiger partial charge in [-0.3, -0.25) is 0 Å². The van der Waals surface area contributed by atoms with Crippen LogP contribution < -0.4 is 0 Å². The molecule has 0 saturated carbocycles. The van der Waals surface area contributed by atoms with Gasteiger partial charge in [-0.1, -0.05) is 38.1 Å². The van der Waals surface area contributed by atoms with E-state index < -0.39 is 0 Å². The lowest BCUT2D eigenvalue weighted by atomic mass is 9.86. The Bertz CT molecular complexity index is 846. The molecule has 5 heteroatoms. The van der Waals surface area contributed by atoms with Crippen LogP contribution in [0.4, 0.5) is 0 Å². The molecule has 0 unspecified atom stereocenters. The van der Waals surface area contributed by atoms with Crippen molar-refractivity contribution in [1.29, 1.82) is 0 Å². The molecule has 0 fully saturated rings. The molecule has 5 nitrogen and oxygen atoms in total. The minimum atomic E-state index is -0.00466. The molecule has 0 spiro atoms. The van der Waals surface area contributed by atoms with Gasteiger partial charge in [0.05, 0.1) is 12.7 Å². The number of phenolic OH excluding ortho intramolecular Hbond substituents is 2. The van der Waals surface area contributed by atoms with Gasteiger partial charge in [-0.15, -0.1) is 5.10 Å². The minimum absolute atomic E-state index is 0.00466. The predicted octanol–water partition coefficient (Wildman–Crippen LogP) is 3.70. The zero-order valence-electron chi connectivity index (χ0n) is 14.1. The monoisotopic (exact) mass is 323 g/mol. The summed E-state index contributed by atoms with van der Waals surface area (Å²) in [7, 11) is 0. The highest BCUT2D eigenvalue weighted by molar-refractivity contribution is 5.58. The van der Waals surface area contributed by atoms with Gasteiger partial charge in [0.15, 0.2) is 0 Å². The average molecular weight is 323 g/mol. The highest BCUT2D eigenvalue weighted by Crippen LogP contribution is 2.28. The zero-order valence-corrected chi connectivity index (χ0v) is 14.1. The second kappa shape index (κ2) is 6.00. The SMILES string of the molecule is CC(C)(C)c1ccc(Cn2cc(-c3ccc(O)cc3)nn2)c(O)c1. The van der Waals surface area contributed by atoms with Gasteiger partial charge in [0.2, 0.25) is 0 Å². The van der Waals surface area contributed by atoms with Crippen LogP contribution in [0.1, 0.15) is 31.9 Å². The first kappa shape index (κ1) is 16.1. The lowest BCUT2D eigenvalue weighted by Gasteiger charge is -2.20. The van der Waals surface area contributed by atoms with Gasteiger partial charge in [0.25, 0.3) is 0 Å². The molecule has 0 amide bonds. The second-order valence-electron chi connectivity index (χ2n) is 6.94. The maximum atomic E-state index is 10.3. The van der Waals surface area contributed by atoms with Crippen LogP contribution >= 0.6 is 0 Å². The van der Waals surface area contributed by atoms with Crippen molar-refractivity contribution in [3.8, 4) is 22.8 Å². The molecule has 3 rings (SSSR count). The molecule has 1 heterocycles. The first-order valence-electron chi connectivity index (χ1n) is 7.85. The lowest BCUT2D eigenvalue weighted by molar-refractivity contribution is 0.459. The van der Waals surface area contributed by atoms with E-state index in [0.29, 0.717) is 6.54 Å². The molecule has 2 N–H and O–H groups in total. The number of aromatic nitrogens is 3. The Morgan fingerprint density at radius 1 is 1.00 bits per heavy atom. The predicted molar refractivity (Wildman–Crippen MR) is 93.0 cm³/mol. The maximum absolute atomic E-state index is 10.3. The molecular formula is C19H21N3O2. The van der Waals surface area contributed by atoms with Crippen LogP contribution in [0.15, 0.2) is 48.7 Å².